The molecule has 0 aliphatic carbocycles. The van der Waals surface area contributed by atoms with Crippen molar-refractivity contribution in [2.24, 2.45) is 0 Å². The number of hydrogen-bond donors (Lipinski definition) is 0. The molecule has 0 aromatic heterocycles. The van der Waals surface area contributed by atoms with Gasteiger partial charge in [0.2, 0.25) is 0 Å². The predicted octanol–water partition coefficient (Wildman–Crippen LogP) is 0.751. The zero-order chi connectivity index (χ0) is 6.28. The summed E-state index contributed by atoms with van der Waals surface area (Å²) in [6.45, 7) is 8.98. The van der Waals surface area contributed by atoms with E-state index >= 15 is 0 Å². The van der Waals surface area contributed by atoms with Crippen molar-refractivity contribution in [1.82, 2.24) is 0 Å². The zero-order valence-electron chi connectivity index (χ0n) is 6.28. The normalized spacial score (nSPS) is 8.14. The second kappa shape index (κ2) is 9.66. The lowest BCUT2D eigenvalue weighted by Crippen LogP contribution is -1.94. The standard InChI is InChI=1S/C3H8.C2H10Si2/c1-3-2;1-4(2)3/h3H2,1-2H3;4H,1-3H3. The second-order valence-electron chi connectivity index (χ2n) is 2.44. The van der Waals surface area contributed by atoms with Crippen LogP contribution in [0.5, 0.6) is 0 Å². The van der Waals surface area contributed by atoms with Gasteiger partial charge < -0.3 is 0 Å². The van der Waals surface area contributed by atoms with Crippen LogP contribution in [0, 0.1) is 0 Å². The monoisotopic (exact) mass is 134 g/mol. The Balaban J connectivity index is 0. The van der Waals surface area contributed by atoms with Crippen molar-refractivity contribution < 1.29 is 0 Å². The highest BCUT2D eigenvalue weighted by Crippen LogP contribution is 1.59. The highest BCUT2D eigenvalue weighted by atomic mass is 29.1. The zero-order valence-corrected chi connectivity index (χ0v) is 9.44. The van der Waals surface area contributed by atoms with Crippen molar-refractivity contribution in [3.8, 4) is 0 Å². The largest absolute Gasteiger partial charge is 0.0748 e. The van der Waals surface area contributed by atoms with E-state index in [0.717, 1.165) is 0 Å². The summed E-state index contributed by atoms with van der Waals surface area (Å²) in [7, 11) is 1.49. The maximum absolute atomic E-state index is 2.37. The molecule has 0 heterocycles. The first-order valence-corrected chi connectivity index (χ1v) is 10.1. The molecule has 7 heavy (non-hydrogen) atoms. The van der Waals surface area contributed by atoms with Crippen LogP contribution in [0.1, 0.15) is 20.3 Å². The van der Waals surface area contributed by atoms with Crippen LogP contribution in [-0.2, 0) is 0 Å². The molecule has 0 aromatic rings. The third-order valence-electron chi connectivity index (χ3n) is 0. The highest BCUT2D eigenvalue weighted by molar-refractivity contribution is 7.01. The summed E-state index contributed by atoms with van der Waals surface area (Å²) in [5, 5.41) is 0. The first kappa shape index (κ1) is 10.4. The van der Waals surface area contributed by atoms with Crippen LogP contribution in [0.4, 0.5) is 0 Å². The molecule has 0 saturated heterocycles. The molecule has 0 aliphatic rings. The van der Waals surface area contributed by atoms with E-state index in [4.69, 9.17) is 0 Å². The molecule has 0 radical (unpaired) electrons. The smallest absolute Gasteiger partial charge is 0.0141 e. The number of rotatable bonds is 0. The van der Waals surface area contributed by atoms with Crippen LogP contribution >= 0.6 is 0 Å². The third kappa shape index (κ3) is 672. The summed E-state index contributed by atoms with van der Waals surface area (Å²) in [5.41, 5.74) is 0. The molecule has 0 saturated carbocycles. The van der Waals surface area contributed by atoms with Crippen molar-refractivity contribution in [2.75, 3.05) is 0 Å². The molecule has 0 unspecified atom stereocenters. The molecular weight excluding hydrogens is 116 g/mol. The summed E-state index contributed by atoms with van der Waals surface area (Å²) in [6, 6.07) is 0. The average molecular weight is 134 g/mol. The Morgan fingerprint density at radius 1 is 1.29 bits per heavy atom. The molecule has 0 atom stereocenters. The Morgan fingerprint density at radius 2 is 1.29 bits per heavy atom. The van der Waals surface area contributed by atoms with Crippen molar-refractivity contribution in [3.05, 3.63) is 0 Å². The van der Waals surface area contributed by atoms with Crippen molar-refractivity contribution in [1.29, 1.82) is 0 Å². The lowest BCUT2D eigenvalue weighted by molar-refractivity contribution is 1.09. The minimum atomic E-state index is -0.000000000000000222. The Kier molecular flexibility index (Phi) is 14.4. The van der Waals surface area contributed by atoms with Crippen LogP contribution in [0.2, 0.25) is 13.1 Å². The van der Waals surface area contributed by atoms with Gasteiger partial charge in [0.1, 0.15) is 0 Å². The van der Waals surface area contributed by atoms with Crippen molar-refractivity contribution in [3.63, 3.8) is 0 Å². The van der Waals surface area contributed by atoms with Crippen molar-refractivity contribution in [2.45, 2.75) is 33.4 Å². The molecule has 46 valence electrons. The molecule has 0 spiro atoms. The fraction of sp³-hybridized carbons (Fsp3) is 1.00. The van der Waals surface area contributed by atoms with Gasteiger partial charge in [-0.3, -0.25) is 0 Å². The van der Waals surface area contributed by atoms with Crippen molar-refractivity contribution >= 4 is 18.1 Å². The van der Waals surface area contributed by atoms with E-state index in [0.29, 0.717) is 0 Å². The summed E-state index contributed by atoms with van der Waals surface area (Å²) >= 11 is 0. The van der Waals surface area contributed by atoms with Crippen LogP contribution in [-0.4, -0.2) is 18.1 Å². The molecule has 2 heteroatoms. The third-order valence-corrected chi connectivity index (χ3v) is 0. The Labute approximate surface area is 52.1 Å². The first-order chi connectivity index (χ1) is 3.15. The maximum Gasteiger partial charge on any atom is 0.0141 e. The SMILES string of the molecule is CCC.C[SiH](C)[SiH3]. The predicted molar refractivity (Wildman–Crippen MR) is 44.8 cm³/mol. The molecule has 0 fully saturated rings. The van der Waals surface area contributed by atoms with Gasteiger partial charge in [-0.05, 0) is 9.76 Å². The van der Waals surface area contributed by atoms with E-state index in [1.807, 2.05) is 0 Å². The van der Waals surface area contributed by atoms with Gasteiger partial charge in [-0.2, -0.15) is 0 Å². The molecule has 0 amide bonds. The van der Waals surface area contributed by atoms with Gasteiger partial charge in [-0.15, -0.1) is 0 Å². The van der Waals surface area contributed by atoms with Crippen LogP contribution in [0.15, 0.2) is 0 Å². The molecule has 0 bridgehead atoms. The van der Waals surface area contributed by atoms with E-state index in [9.17, 15) is 0 Å². The highest BCUT2D eigenvalue weighted by Gasteiger charge is 1.71. The van der Waals surface area contributed by atoms with Crippen LogP contribution in [0.25, 0.3) is 0 Å². The van der Waals surface area contributed by atoms with E-state index < -0.39 is 0 Å². The molecular formula is C5H18Si2. The molecule has 0 aromatic carbocycles. The number of hydrogen-bond acceptors (Lipinski definition) is 0. The lowest BCUT2D eigenvalue weighted by Gasteiger charge is -1.75. The van der Waals surface area contributed by atoms with Gasteiger partial charge in [0, 0.05) is 8.31 Å². The van der Waals surface area contributed by atoms with E-state index in [-0.39, 0.29) is 8.31 Å². The second-order valence-corrected chi connectivity index (χ2v) is 12.8. The quantitative estimate of drug-likeness (QED) is 0.429. The Morgan fingerprint density at radius 3 is 1.29 bits per heavy atom. The van der Waals surface area contributed by atoms with Gasteiger partial charge in [0.05, 0.1) is 0 Å². The minimum Gasteiger partial charge on any atom is -0.0748 e. The van der Waals surface area contributed by atoms with Gasteiger partial charge in [0.25, 0.3) is 0 Å². The van der Waals surface area contributed by atoms with Crippen LogP contribution in [0.3, 0.4) is 0 Å². The molecule has 0 N–H and O–H groups in total. The summed E-state index contributed by atoms with van der Waals surface area (Å²) in [5.74, 6) is 0. The fourth-order valence-corrected chi connectivity index (χ4v) is 0. The van der Waals surface area contributed by atoms with E-state index in [1.165, 1.54) is 16.2 Å². The van der Waals surface area contributed by atoms with E-state index in [2.05, 4.69) is 26.9 Å². The molecule has 0 nitrogen and oxygen atoms in total. The van der Waals surface area contributed by atoms with Gasteiger partial charge in [0.15, 0.2) is 0 Å². The topological polar surface area (TPSA) is 0 Å². The summed E-state index contributed by atoms with van der Waals surface area (Å²) in [4.78, 5) is 0. The molecule has 0 rings (SSSR count). The fourth-order valence-electron chi connectivity index (χ4n) is 0. The van der Waals surface area contributed by atoms with Crippen LogP contribution < -0.4 is 0 Å². The Hall–Kier alpha value is 0.434. The minimum absolute atomic E-state index is 0.000000000000000222. The summed E-state index contributed by atoms with van der Waals surface area (Å²) in [6.07, 6.45) is 1.25. The van der Waals surface area contributed by atoms with E-state index in [1.54, 1.807) is 0 Å². The molecule has 0 aliphatic heterocycles. The lowest BCUT2D eigenvalue weighted by atomic mass is 10.6. The van der Waals surface area contributed by atoms with Gasteiger partial charge >= 0.3 is 0 Å². The van der Waals surface area contributed by atoms with Gasteiger partial charge in [-0.25, -0.2) is 0 Å². The Bertz CT molecular complexity index is 17.3. The summed E-state index contributed by atoms with van der Waals surface area (Å²) < 4.78 is 0. The maximum atomic E-state index is 2.37. The average Bonchev–Trinajstić information content (AvgIpc) is 1.33. The first-order valence-electron chi connectivity index (χ1n) is 3.15. The van der Waals surface area contributed by atoms with Gasteiger partial charge in [-0.1, -0.05) is 33.4 Å².